The Kier molecular flexibility index (Phi) is 12.7. The molecule has 11 heteroatoms. The predicted molar refractivity (Wildman–Crippen MR) is 103 cm³/mol. The molecule has 1 N–H and O–H groups in total. The number of carbonyl (C=O) groups is 1. The number of guanidine groups is 1. The number of nitrogens with one attached hydrogen (secondary N) is 1. The SMILES string of the molecule is CCNC(=NCCCOCC(F)(F)F)N1CCN(C(=O)OCC)CC1.I. The lowest BCUT2D eigenvalue weighted by atomic mass is 10.3. The van der Waals surface area contributed by atoms with Crippen LogP contribution in [0.2, 0.25) is 0 Å². The van der Waals surface area contributed by atoms with Crippen molar-refractivity contribution >= 4 is 36.0 Å². The summed E-state index contributed by atoms with van der Waals surface area (Å²) in [6, 6.07) is 0. The third kappa shape index (κ3) is 10.2. The molecule has 0 aromatic carbocycles. The molecular formula is C15H28F3IN4O3. The summed E-state index contributed by atoms with van der Waals surface area (Å²) in [6.07, 6.45) is -4.20. The van der Waals surface area contributed by atoms with Crippen LogP contribution in [0.1, 0.15) is 20.3 Å². The van der Waals surface area contributed by atoms with Gasteiger partial charge in [-0.1, -0.05) is 0 Å². The van der Waals surface area contributed by atoms with E-state index in [1.54, 1.807) is 11.8 Å². The maximum atomic E-state index is 12.0. The molecular weight excluding hydrogens is 468 g/mol. The number of piperazine rings is 1. The fraction of sp³-hybridized carbons (Fsp3) is 0.867. The second kappa shape index (κ2) is 13.2. The minimum atomic E-state index is -4.29. The fourth-order valence-electron chi connectivity index (χ4n) is 2.28. The number of rotatable bonds is 7. The zero-order valence-electron chi connectivity index (χ0n) is 15.2. The molecule has 0 aromatic heterocycles. The molecule has 0 unspecified atom stereocenters. The average molecular weight is 496 g/mol. The Bertz CT molecular complexity index is 431. The first kappa shape index (κ1) is 25.0. The second-order valence-electron chi connectivity index (χ2n) is 5.43. The van der Waals surface area contributed by atoms with Crippen LogP contribution < -0.4 is 5.32 Å². The van der Waals surface area contributed by atoms with Gasteiger partial charge < -0.3 is 24.6 Å². The first-order valence-electron chi connectivity index (χ1n) is 8.46. The van der Waals surface area contributed by atoms with E-state index in [2.05, 4.69) is 15.0 Å². The van der Waals surface area contributed by atoms with E-state index in [0.717, 1.165) is 0 Å². The molecule has 1 amide bonds. The van der Waals surface area contributed by atoms with Gasteiger partial charge >= 0.3 is 12.3 Å². The standard InChI is InChI=1S/C15H27F3N4O3.HI/c1-3-19-13(20-6-5-11-24-12-15(16,17)18)21-7-9-22(10-8-21)14(23)25-4-2;/h3-12H2,1-2H3,(H,19,20);1H. The van der Waals surface area contributed by atoms with Crippen molar-refractivity contribution in [3.8, 4) is 0 Å². The summed E-state index contributed by atoms with van der Waals surface area (Å²) in [5.74, 6) is 0.696. The maximum absolute atomic E-state index is 12.0. The number of nitrogens with zero attached hydrogens (tertiary/aromatic N) is 3. The lowest BCUT2D eigenvalue weighted by molar-refractivity contribution is -0.173. The number of hydrogen-bond acceptors (Lipinski definition) is 4. The second-order valence-corrected chi connectivity index (χ2v) is 5.43. The highest BCUT2D eigenvalue weighted by Crippen LogP contribution is 2.14. The van der Waals surface area contributed by atoms with Crippen LogP contribution in [0.15, 0.2) is 4.99 Å². The smallest absolute Gasteiger partial charge is 0.411 e. The first-order chi connectivity index (χ1) is 11.9. The van der Waals surface area contributed by atoms with Crippen LogP contribution in [-0.4, -0.2) is 87.1 Å². The van der Waals surface area contributed by atoms with Gasteiger partial charge in [-0.15, -0.1) is 24.0 Å². The van der Waals surface area contributed by atoms with E-state index in [1.165, 1.54) is 0 Å². The normalized spacial score (nSPS) is 15.5. The van der Waals surface area contributed by atoms with E-state index in [9.17, 15) is 18.0 Å². The zero-order chi connectivity index (χ0) is 18.7. The van der Waals surface area contributed by atoms with E-state index < -0.39 is 12.8 Å². The number of carbonyl (C=O) groups excluding carboxylic acids is 1. The van der Waals surface area contributed by atoms with E-state index in [-0.39, 0.29) is 36.7 Å². The number of hydrogen-bond donors (Lipinski definition) is 1. The van der Waals surface area contributed by atoms with Gasteiger partial charge in [0, 0.05) is 45.9 Å². The summed E-state index contributed by atoms with van der Waals surface area (Å²) in [4.78, 5) is 19.8. The first-order valence-corrected chi connectivity index (χ1v) is 8.46. The summed E-state index contributed by atoms with van der Waals surface area (Å²) in [7, 11) is 0. The third-order valence-electron chi connectivity index (χ3n) is 3.41. The number of aliphatic imine (C=N–C) groups is 1. The lowest BCUT2D eigenvalue weighted by Crippen LogP contribution is -2.53. The van der Waals surface area contributed by atoms with Crippen LogP contribution in [0.5, 0.6) is 0 Å². The number of alkyl halides is 3. The van der Waals surface area contributed by atoms with Gasteiger partial charge in [0.2, 0.25) is 0 Å². The maximum Gasteiger partial charge on any atom is 0.411 e. The number of halogens is 4. The van der Waals surface area contributed by atoms with Crippen molar-refractivity contribution in [2.24, 2.45) is 4.99 Å². The molecule has 0 aliphatic carbocycles. The molecule has 0 aromatic rings. The molecule has 7 nitrogen and oxygen atoms in total. The Balaban J connectivity index is 0.00000625. The highest BCUT2D eigenvalue weighted by Gasteiger charge is 2.27. The molecule has 154 valence electrons. The van der Waals surface area contributed by atoms with Crippen molar-refractivity contribution in [2.75, 3.05) is 59.1 Å². The van der Waals surface area contributed by atoms with Crippen LogP contribution in [0, 0.1) is 0 Å². The van der Waals surface area contributed by atoms with Crippen molar-refractivity contribution in [1.29, 1.82) is 0 Å². The van der Waals surface area contributed by atoms with E-state index in [4.69, 9.17) is 4.74 Å². The highest BCUT2D eigenvalue weighted by atomic mass is 127. The van der Waals surface area contributed by atoms with Crippen molar-refractivity contribution in [2.45, 2.75) is 26.4 Å². The van der Waals surface area contributed by atoms with Crippen molar-refractivity contribution in [3.63, 3.8) is 0 Å². The Labute approximate surface area is 169 Å². The summed E-state index contributed by atoms with van der Waals surface area (Å²) >= 11 is 0. The van der Waals surface area contributed by atoms with E-state index in [1.807, 2.05) is 11.8 Å². The van der Waals surface area contributed by atoms with Gasteiger partial charge in [-0.25, -0.2) is 4.79 Å². The van der Waals surface area contributed by atoms with Crippen LogP contribution in [-0.2, 0) is 9.47 Å². The number of ether oxygens (including phenoxy) is 2. The predicted octanol–water partition coefficient (Wildman–Crippen LogP) is 2.31. The van der Waals surface area contributed by atoms with Gasteiger partial charge in [0.1, 0.15) is 6.61 Å². The molecule has 0 radical (unpaired) electrons. The fourth-order valence-corrected chi connectivity index (χ4v) is 2.28. The van der Waals surface area contributed by atoms with Gasteiger partial charge in [0.05, 0.1) is 6.61 Å². The van der Waals surface area contributed by atoms with E-state index >= 15 is 0 Å². The van der Waals surface area contributed by atoms with Crippen molar-refractivity contribution < 1.29 is 27.4 Å². The van der Waals surface area contributed by atoms with Gasteiger partial charge in [-0.05, 0) is 20.3 Å². The van der Waals surface area contributed by atoms with Crippen LogP contribution in [0.4, 0.5) is 18.0 Å². The molecule has 26 heavy (non-hydrogen) atoms. The molecule has 1 heterocycles. The summed E-state index contributed by atoms with van der Waals surface area (Å²) in [5.41, 5.74) is 0. The molecule has 1 rings (SSSR count). The van der Waals surface area contributed by atoms with Gasteiger partial charge in [0.15, 0.2) is 5.96 Å². The molecule has 0 saturated carbocycles. The molecule has 0 spiro atoms. The molecule has 1 fully saturated rings. The minimum Gasteiger partial charge on any atom is -0.450 e. The lowest BCUT2D eigenvalue weighted by Gasteiger charge is -2.35. The average Bonchev–Trinajstić information content (AvgIpc) is 2.56. The van der Waals surface area contributed by atoms with Gasteiger partial charge in [-0.3, -0.25) is 4.99 Å². The monoisotopic (exact) mass is 496 g/mol. The number of amides is 1. The van der Waals surface area contributed by atoms with Crippen LogP contribution >= 0.6 is 24.0 Å². The minimum absolute atomic E-state index is 0. The molecule has 0 bridgehead atoms. The zero-order valence-corrected chi connectivity index (χ0v) is 17.5. The molecule has 1 aliphatic rings. The van der Waals surface area contributed by atoms with Gasteiger partial charge in [0.25, 0.3) is 0 Å². The molecule has 0 atom stereocenters. The highest BCUT2D eigenvalue weighted by molar-refractivity contribution is 14.0. The molecule has 1 aliphatic heterocycles. The van der Waals surface area contributed by atoms with Crippen LogP contribution in [0.25, 0.3) is 0 Å². The van der Waals surface area contributed by atoms with Crippen molar-refractivity contribution in [1.82, 2.24) is 15.1 Å². The Morgan fingerprint density at radius 2 is 1.77 bits per heavy atom. The van der Waals surface area contributed by atoms with Gasteiger partial charge in [-0.2, -0.15) is 13.2 Å². The summed E-state index contributed by atoms with van der Waals surface area (Å²) in [6.45, 7) is 6.21. The van der Waals surface area contributed by atoms with Crippen LogP contribution in [0.3, 0.4) is 0 Å². The summed E-state index contributed by atoms with van der Waals surface area (Å²) < 4.78 is 45.4. The third-order valence-corrected chi connectivity index (χ3v) is 3.41. The molecule has 1 saturated heterocycles. The van der Waals surface area contributed by atoms with Crippen molar-refractivity contribution in [3.05, 3.63) is 0 Å². The van der Waals surface area contributed by atoms with E-state index in [0.29, 0.717) is 58.3 Å². The quantitative estimate of drug-likeness (QED) is 0.254. The Morgan fingerprint density at radius 3 is 2.31 bits per heavy atom. The Hall–Kier alpha value is -0.980. The summed E-state index contributed by atoms with van der Waals surface area (Å²) in [5, 5.41) is 3.16. The largest absolute Gasteiger partial charge is 0.450 e. The Morgan fingerprint density at radius 1 is 1.15 bits per heavy atom. The topological polar surface area (TPSA) is 66.4 Å².